The molecule has 0 spiro atoms. The van der Waals surface area contributed by atoms with Gasteiger partial charge < -0.3 is 10.6 Å². The number of nitrogens with one attached hydrogen (secondary N) is 2. The zero-order valence-electron chi connectivity index (χ0n) is 16.7. The first-order chi connectivity index (χ1) is 15.1. The van der Waals surface area contributed by atoms with Gasteiger partial charge in [0.25, 0.3) is 5.91 Å². The molecule has 0 aliphatic carbocycles. The van der Waals surface area contributed by atoms with Gasteiger partial charge in [0.05, 0.1) is 5.69 Å². The Morgan fingerprint density at radius 2 is 1.55 bits per heavy atom. The van der Waals surface area contributed by atoms with Crippen LogP contribution in [-0.2, 0) is 16.0 Å². The predicted molar refractivity (Wildman–Crippen MR) is 120 cm³/mol. The first-order valence-electron chi connectivity index (χ1n) is 9.88. The van der Waals surface area contributed by atoms with Gasteiger partial charge in [-0.15, -0.1) is 0 Å². The van der Waals surface area contributed by atoms with E-state index in [0.717, 1.165) is 20.3 Å². The lowest BCUT2D eigenvalue weighted by molar-refractivity contribution is -0.130. The molecule has 1 fully saturated rings. The summed E-state index contributed by atoms with van der Waals surface area (Å²) in [5.41, 5.74) is 1.58. The molecule has 0 unspecified atom stereocenters. The van der Waals surface area contributed by atoms with Crippen LogP contribution in [0.2, 0.25) is 0 Å². The van der Waals surface area contributed by atoms with Gasteiger partial charge in [-0.3, -0.25) is 14.5 Å². The van der Waals surface area contributed by atoms with E-state index in [4.69, 9.17) is 0 Å². The third kappa shape index (κ3) is 5.13. The fourth-order valence-corrected chi connectivity index (χ4v) is 4.25. The summed E-state index contributed by atoms with van der Waals surface area (Å²) < 4.78 is 0. The molecule has 6 nitrogen and oxygen atoms in total. The summed E-state index contributed by atoms with van der Waals surface area (Å²) in [5, 5.41) is 5.50. The zero-order valence-corrected chi connectivity index (χ0v) is 17.5. The standard InChI is InChI=1S/C24H21N3O3S/c28-22(25-19-13-7-8-14-21(19)31-18-11-5-2-6-12-18)16-27-23(29)20(26-24(27)30)15-17-9-3-1-4-10-17/h1-14,20H,15-16H2,(H,25,28)(H,26,30)/t20-/m1/s1. The van der Waals surface area contributed by atoms with E-state index < -0.39 is 23.9 Å². The lowest BCUT2D eigenvalue weighted by Gasteiger charge is -2.15. The molecule has 0 bridgehead atoms. The number of para-hydroxylation sites is 1. The second kappa shape index (κ2) is 9.49. The Hall–Kier alpha value is -3.58. The molecule has 0 aromatic heterocycles. The van der Waals surface area contributed by atoms with Crippen LogP contribution in [0, 0.1) is 0 Å². The van der Waals surface area contributed by atoms with E-state index in [-0.39, 0.29) is 6.54 Å². The average molecular weight is 432 g/mol. The monoisotopic (exact) mass is 431 g/mol. The number of benzene rings is 3. The highest BCUT2D eigenvalue weighted by atomic mass is 32.2. The lowest BCUT2D eigenvalue weighted by Crippen LogP contribution is -2.38. The molecular formula is C24H21N3O3S. The minimum atomic E-state index is -0.663. The van der Waals surface area contributed by atoms with Crippen LogP contribution in [0.15, 0.2) is 94.7 Å². The fraction of sp³-hybridized carbons (Fsp3) is 0.125. The van der Waals surface area contributed by atoms with Gasteiger partial charge in [-0.25, -0.2) is 4.79 Å². The Kier molecular flexibility index (Phi) is 6.33. The van der Waals surface area contributed by atoms with Crippen LogP contribution in [-0.4, -0.2) is 35.3 Å². The quantitative estimate of drug-likeness (QED) is 0.556. The topological polar surface area (TPSA) is 78.5 Å². The number of carbonyl (C=O) groups is 3. The van der Waals surface area contributed by atoms with Crippen molar-refractivity contribution >= 4 is 35.3 Å². The van der Waals surface area contributed by atoms with Crippen molar-refractivity contribution in [1.82, 2.24) is 10.2 Å². The van der Waals surface area contributed by atoms with E-state index in [1.807, 2.05) is 78.9 Å². The minimum absolute atomic E-state index is 0.333. The Labute approximate surface area is 184 Å². The zero-order chi connectivity index (χ0) is 21.6. The molecule has 1 aliphatic heterocycles. The average Bonchev–Trinajstić information content (AvgIpc) is 3.04. The number of amides is 4. The third-order valence-corrected chi connectivity index (χ3v) is 5.91. The molecule has 156 valence electrons. The van der Waals surface area contributed by atoms with E-state index in [9.17, 15) is 14.4 Å². The van der Waals surface area contributed by atoms with Crippen molar-refractivity contribution in [2.24, 2.45) is 0 Å². The van der Waals surface area contributed by atoms with Crippen molar-refractivity contribution < 1.29 is 14.4 Å². The molecule has 3 aromatic carbocycles. The molecule has 3 aromatic rings. The van der Waals surface area contributed by atoms with Crippen molar-refractivity contribution in [3.05, 3.63) is 90.5 Å². The SMILES string of the molecule is O=C(CN1C(=O)N[C@H](Cc2ccccc2)C1=O)Nc1ccccc1Sc1ccccc1. The van der Waals surface area contributed by atoms with Crippen LogP contribution in [0.3, 0.4) is 0 Å². The van der Waals surface area contributed by atoms with Crippen LogP contribution in [0.1, 0.15) is 5.56 Å². The summed E-state index contributed by atoms with van der Waals surface area (Å²) >= 11 is 1.53. The Morgan fingerprint density at radius 1 is 0.903 bits per heavy atom. The molecule has 1 saturated heterocycles. The van der Waals surface area contributed by atoms with Gasteiger partial charge in [0.15, 0.2) is 0 Å². The number of rotatable bonds is 7. The van der Waals surface area contributed by atoms with E-state index in [1.54, 1.807) is 6.07 Å². The fourth-order valence-electron chi connectivity index (χ4n) is 3.32. The van der Waals surface area contributed by atoms with Gasteiger partial charge in [0, 0.05) is 16.2 Å². The summed E-state index contributed by atoms with van der Waals surface area (Å²) in [5.74, 6) is -0.819. The maximum Gasteiger partial charge on any atom is 0.325 e. The Bertz CT molecular complexity index is 1090. The maximum absolute atomic E-state index is 12.7. The maximum atomic E-state index is 12.7. The molecule has 0 saturated carbocycles. The van der Waals surface area contributed by atoms with Crippen LogP contribution in [0.25, 0.3) is 0 Å². The lowest BCUT2D eigenvalue weighted by atomic mass is 10.1. The first kappa shape index (κ1) is 20.7. The Balaban J connectivity index is 1.40. The van der Waals surface area contributed by atoms with E-state index in [2.05, 4.69) is 10.6 Å². The van der Waals surface area contributed by atoms with Crippen molar-refractivity contribution in [2.45, 2.75) is 22.3 Å². The smallest absolute Gasteiger partial charge is 0.325 e. The molecule has 2 N–H and O–H groups in total. The Morgan fingerprint density at radius 3 is 2.29 bits per heavy atom. The second-order valence-electron chi connectivity index (χ2n) is 7.08. The summed E-state index contributed by atoms with van der Waals surface area (Å²) in [6, 6.07) is 25.5. The number of anilines is 1. The van der Waals surface area contributed by atoms with Crippen molar-refractivity contribution in [3.63, 3.8) is 0 Å². The molecular weight excluding hydrogens is 410 g/mol. The number of carbonyl (C=O) groups excluding carboxylic acids is 3. The van der Waals surface area contributed by atoms with Gasteiger partial charge in [0.1, 0.15) is 12.6 Å². The molecule has 31 heavy (non-hydrogen) atoms. The van der Waals surface area contributed by atoms with Crippen LogP contribution in [0.4, 0.5) is 10.5 Å². The molecule has 4 amide bonds. The van der Waals surface area contributed by atoms with Crippen molar-refractivity contribution in [3.8, 4) is 0 Å². The van der Waals surface area contributed by atoms with E-state index in [1.165, 1.54) is 11.8 Å². The summed E-state index contributed by atoms with van der Waals surface area (Å²) in [6.45, 7) is -0.333. The molecule has 7 heteroatoms. The van der Waals surface area contributed by atoms with E-state index in [0.29, 0.717) is 12.1 Å². The molecule has 1 heterocycles. The highest BCUT2D eigenvalue weighted by molar-refractivity contribution is 7.99. The van der Waals surface area contributed by atoms with Crippen LogP contribution >= 0.6 is 11.8 Å². The van der Waals surface area contributed by atoms with Crippen molar-refractivity contribution in [1.29, 1.82) is 0 Å². The predicted octanol–water partition coefficient (Wildman–Crippen LogP) is 3.94. The van der Waals surface area contributed by atoms with Gasteiger partial charge in [0.2, 0.25) is 5.91 Å². The van der Waals surface area contributed by atoms with Crippen LogP contribution < -0.4 is 10.6 Å². The summed E-state index contributed by atoms with van der Waals surface area (Å²) in [6.07, 6.45) is 0.389. The van der Waals surface area contributed by atoms with Gasteiger partial charge in [-0.2, -0.15) is 0 Å². The number of nitrogens with zero attached hydrogens (tertiary/aromatic N) is 1. The van der Waals surface area contributed by atoms with E-state index >= 15 is 0 Å². The molecule has 0 radical (unpaired) electrons. The normalized spacial score (nSPS) is 15.6. The highest BCUT2D eigenvalue weighted by Gasteiger charge is 2.38. The van der Waals surface area contributed by atoms with Crippen LogP contribution in [0.5, 0.6) is 0 Å². The minimum Gasteiger partial charge on any atom is -0.325 e. The summed E-state index contributed by atoms with van der Waals surface area (Å²) in [7, 11) is 0. The van der Waals surface area contributed by atoms with Gasteiger partial charge >= 0.3 is 6.03 Å². The number of hydrogen-bond acceptors (Lipinski definition) is 4. The molecule has 1 atom stereocenters. The molecule has 4 rings (SSSR count). The largest absolute Gasteiger partial charge is 0.325 e. The van der Waals surface area contributed by atoms with Gasteiger partial charge in [-0.05, 0) is 29.8 Å². The second-order valence-corrected chi connectivity index (χ2v) is 8.19. The third-order valence-electron chi connectivity index (χ3n) is 4.82. The highest BCUT2D eigenvalue weighted by Crippen LogP contribution is 2.33. The number of urea groups is 1. The first-order valence-corrected chi connectivity index (χ1v) is 10.7. The molecule has 1 aliphatic rings. The van der Waals surface area contributed by atoms with Crippen molar-refractivity contribution in [2.75, 3.05) is 11.9 Å². The van der Waals surface area contributed by atoms with Gasteiger partial charge in [-0.1, -0.05) is 72.4 Å². The number of imide groups is 1. The summed E-state index contributed by atoms with van der Waals surface area (Å²) in [4.78, 5) is 40.5. The number of hydrogen-bond donors (Lipinski definition) is 2.